The van der Waals surface area contributed by atoms with Gasteiger partial charge < -0.3 is 14.5 Å². The molecule has 134 valence electrons. The number of nitrogens with zero attached hydrogens (tertiary/aromatic N) is 1. The Morgan fingerprint density at radius 1 is 1.20 bits per heavy atom. The van der Waals surface area contributed by atoms with Gasteiger partial charge in [0.05, 0.1) is 0 Å². The number of amides is 1. The molecule has 2 aliphatic rings. The van der Waals surface area contributed by atoms with E-state index >= 15 is 0 Å². The summed E-state index contributed by atoms with van der Waals surface area (Å²) in [5, 5.41) is 4.09. The first-order chi connectivity index (χ1) is 12.3. The van der Waals surface area contributed by atoms with Crippen molar-refractivity contribution in [1.29, 1.82) is 0 Å². The monoisotopic (exact) mass is 360 g/mol. The number of thioether (sulfide) groups is 1. The fraction of sp³-hybridized carbons (Fsp3) is 0.526. The Bertz CT molecular complexity index is 700. The first kappa shape index (κ1) is 16.9. The number of nitrogens with one attached hydrogen (secondary N) is 1. The molecule has 0 aliphatic carbocycles. The summed E-state index contributed by atoms with van der Waals surface area (Å²) < 4.78 is 11.3. The van der Waals surface area contributed by atoms with E-state index in [1.165, 1.54) is 11.5 Å². The van der Waals surface area contributed by atoms with Gasteiger partial charge in [0.25, 0.3) is 5.91 Å². The van der Waals surface area contributed by atoms with Gasteiger partial charge >= 0.3 is 0 Å². The molecule has 0 unspecified atom stereocenters. The SMILES string of the molecule is O=C(NCC1(N2CCSCC2)CCOCC1)c1cc2ccccc2o1. The topological polar surface area (TPSA) is 54.7 Å². The highest BCUT2D eigenvalue weighted by Gasteiger charge is 2.39. The van der Waals surface area contributed by atoms with Crippen LogP contribution in [0.5, 0.6) is 0 Å². The number of carbonyl (C=O) groups is 1. The van der Waals surface area contributed by atoms with Crippen LogP contribution >= 0.6 is 11.8 Å². The quantitative estimate of drug-likeness (QED) is 0.909. The maximum Gasteiger partial charge on any atom is 0.287 e. The van der Waals surface area contributed by atoms with Crippen LogP contribution in [0.2, 0.25) is 0 Å². The summed E-state index contributed by atoms with van der Waals surface area (Å²) in [6.45, 7) is 4.36. The van der Waals surface area contributed by atoms with Gasteiger partial charge in [-0.05, 0) is 25.0 Å². The Morgan fingerprint density at radius 2 is 1.96 bits per heavy atom. The molecule has 0 radical (unpaired) electrons. The van der Waals surface area contributed by atoms with Crippen molar-refractivity contribution in [3.63, 3.8) is 0 Å². The van der Waals surface area contributed by atoms with E-state index in [2.05, 4.69) is 10.2 Å². The number of rotatable bonds is 4. The van der Waals surface area contributed by atoms with Crippen molar-refractivity contribution in [2.24, 2.45) is 0 Å². The summed E-state index contributed by atoms with van der Waals surface area (Å²) in [4.78, 5) is 15.2. The van der Waals surface area contributed by atoms with Gasteiger partial charge in [0, 0.05) is 55.3 Å². The lowest BCUT2D eigenvalue weighted by atomic mass is 9.87. The summed E-state index contributed by atoms with van der Waals surface area (Å²) in [5.74, 6) is 2.59. The molecule has 6 heteroatoms. The zero-order valence-corrected chi connectivity index (χ0v) is 15.1. The van der Waals surface area contributed by atoms with Gasteiger partial charge in [-0.1, -0.05) is 18.2 Å². The van der Waals surface area contributed by atoms with Crippen LogP contribution in [-0.4, -0.2) is 60.7 Å². The van der Waals surface area contributed by atoms with Gasteiger partial charge in [0.2, 0.25) is 0 Å². The van der Waals surface area contributed by atoms with Gasteiger partial charge in [-0.15, -0.1) is 0 Å². The fourth-order valence-electron chi connectivity index (χ4n) is 3.82. The lowest BCUT2D eigenvalue weighted by Gasteiger charge is -2.47. The van der Waals surface area contributed by atoms with Crippen LogP contribution in [0.1, 0.15) is 23.4 Å². The van der Waals surface area contributed by atoms with E-state index in [4.69, 9.17) is 9.15 Å². The molecule has 25 heavy (non-hydrogen) atoms. The second-order valence-electron chi connectivity index (χ2n) is 6.77. The number of para-hydroxylation sites is 1. The molecule has 0 atom stereocenters. The molecule has 0 bridgehead atoms. The number of carbonyl (C=O) groups excluding carboxylic acids is 1. The molecular weight excluding hydrogens is 336 g/mol. The van der Waals surface area contributed by atoms with Crippen molar-refractivity contribution in [3.05, 3.63) is 36.1 Å². The second kappa shape index (κ2) is 7.40. The molecule has 3 heterocycles. The fourth-order valence-corrected chi connectivity index (χ4v) is 4.72. The zero-order chi connectivity index (χ0) is 17.1. The van der Waals surface area contributed by atoms with E-state index in [1.807, 2.05) is 42.1 Å². The molecule has 1 amide bonds. The maximum atomic E-state index is 12.6. The van der Waals surface area contributed by atoms with Crippen molar-refractivity contribution >= 4 is 28.6 Å². The first-order valence-corrected chi connectivity index (χ1v) is 10.1. The van der Waals surface area contributed by atoms with Gasteiger partial charge in [0.1, 0.15) is 5.58 Å². The molecular formula is C19H24N2O3S. The summed E-state index contributed by atoms with van der Waals surface area (Å²) in [7, 11) is 0. The van der Waals surface area contributed by atoms with E-state index < -0.39 is 0 Å². The van der Waals surface area contributed by atoms with Crippen LogP contribution in [0, 0.1) is 0 Å². The van der Waals surface area contributed by atoms with Gasteiger partial charge in [-0.3, -0.25) is 9.69 Å². The Labute approximate surface area is 152 Å². The summed E-state index contributed by atoms with van der Waals surface area (Å²) in [5.41, 5.74) is 0.766. The largest absolute Gasteiger partial charge is 0.451 e. The minimum absolute atomic E-state index is 0.0148. The Hall–Kier alpha value is -1.50. The second-order valence-corrected chi connectivity index (χ2v) is 7.99. The minimum Gasteiger partial charge on any atom is -0.451 e. The number of hydrogen-bond donors (Lipinski definition) is 1. The average molecular weight is 360 g/mol. The van der Waals surface area contributed by atoms with Gasteiger partial charge in [-0.2, -0.15) is 11.8 Å². The predicted molar refractivity (Wildman–Crippen MR) is 100 cm³/mol. The highest BCUT2D eigenvalue weighted by atomic mass is 32.2. The highest BCUT2D eigenvalue weighted by Crippen LogP contribution is 2.30. The summed E-state index contributed by atoms with van der Waals surface area (Å²) in [6.07, 6.45) is 1.94. The molecule has 4 rings (SSSR count). The van der Waals surface area contributed by atoms with E-state index in [1.54, 1.807) is 0 Å². The number of ether oxygens (including phenoxy) is 1. The molecule has 2 aliphatic heterocycles. The number of fused-ring (bicyclic) bond motifs is 1. The minimum atomic E-state index is -0.131. The van der Waals surface area contributed by atoms with Crippen molar-refractivity contribution in [2.75, 3.05) is 44.4 Å². The molecule has 0 spiro atoms. The van der Waals surface area contributed by atoms with E-state index in [-0.39, 0.29) is 11.4 Å². The first-order valence-electron chi connectivity index (χ1n) is 8.94. The highest BCUT2D eigenvalue weighted by molar-refractivity contribution is 7.99. The average Bonchev–Trinajstić information content (AvgIpc) is 3.12. The molecule has 2 fully saturated rings. The molecule has 5 nitrogen and oxygen atoms in total. The molecule has 1 aromatic heterocycles. The van der Waals surface area contributed by atoms with Crippen molar-refractivity contribution in [2.45, 2.75) is 18.4 Å². The van der Waals surface area contributed by atoms with Crippen molar-refractivity contribution in [3.8, 4) is 0 Å². The Balaban J connectivity index is 1.47. The standard InChI is InChI=1S/C19H24N2O3S/c22-18(17-13-15-3-1-2-4-16(15)24-17)20-14-19(5-9-23-10-6-19)21-7-11-25-12-8-21/h1-4,13H,5-12,14H2,(H,20,22). The van der Waals surface area contributed by atoms with Crippen LogP contribution in [0.4, 0.5) is 0 Å². The molecule has 1 N–H and O–H groups in total. The van der Waals surface area contributed by atoms with Crippen LogP contribution < -0.4 is 5.32 Å². The van der Waals surface area contributed by atoms with Crippen molar-refractivity contribution in [1.82, 2.24) is 10.2 Å². The molecule has 2 aromatic rings. The van der Waals surface area contributed by atoms with Crippen molar-refractivity contribution < 1.29 is 13.9 Å². The number of benzene rings is 1. The van der Waals surface area contributed by atoms with Gasteiger partial charge in [-0.25, -0.2) is 0 Å². The molecule has 2 saturated heterocycles. The van der Waals surface area contributed by atoms with Gasteiger partial charge in [0.15, 0.2) is 5.76 Å². The lowest BCUT2D eigenvalue weighted by Crippen LogP contribution is -2.60. The van der Waals surface area contributed by atoms with Crippen LogP contribution in [-0.2, 0) is 4.74 Å². The predicted octanol–water partition coefficient (Wildman–Crippen LogP) is 2.76. The summed E-state index contributed by atoms with van der Waals surface area (Å²) in [6, 6.07) is 9.53. The summed E-state index contributed by atoms with van der Waals surface area (Å²) >= 11 is 2.01. The van der Waals surface area contributed by atoms with E-state index in [0.29, 0.717) is 12.3 Å². The third-order valence-electron chi connectivity index (χ3n) is 5.33. The Kier molecular flexibility index (Phi) is 5.01. The Morgan fingerprint density at radius 3 is 2.72 bits per heavy atom. The van der Waals surface area contributed by atoms with Crippen LogP contribution in [0.25, 0.3) is 11.0 Å². The third-order valence-corrected chi connectivity index (χ3v) is 6.28. The van der Waals surface area contributed by atoms with Crippen LogP contribution in [0.3, 0.4) is 0 Å². The number of hydrogen-bond acceptors (Lipinski definition) is 5. The lowest BCUT2D eigenvalue weighted by molar-refractivity contribution is -0.0237. The maximum absolute atomic E-state index is 12.6. The van der Waals surface area contributed by atoms with E-state index in [9.17, 15) is 4.79 Å². The normalized spacial score (nSPS) is 21.3. The zero-order valence-electron chi connectivity index (χ0n) is 14.3. The van der Waals surface area contributed by atoms with E-state index in [0.717, 1.165) is 50.1 Å². The number of furan rings is 1. The third kappa shape index (κ3) is 3.57. The molecule has 1 aromatic carbocycles. The van der Waals surface area contributed by atoms with Crippen LogP contribution in [0.15, 0.2) is 34.7 Å². The molecule has 0 saturated carbocycles. The smallest absolute Gasteiger partial charge is 0.287 e.